The van der Waals surface area contributed by atoms with Gasteiger partial charge in [-0.2, -0.15) is 0 Å². The molecular formula is C13H27N3O. The van der Waals surface area contributed by atoms with Crippen LogP contribution in [0.1, 0.15) is 33.6 Å². The molecule has 1 rings (SSSR count). The van der Waals surface area contributed by atoms with Gasteiger partial charge in [-0.1, -0.05) is 6.92 Å². The summed E-state index contributed by atoms with van der Waals surface area (Å²) in [7, 11) is 4.13. The Kier molecular flexibility index (Phi) is 4.95. The van der Waals surface area contributed by atoms with Gasteiger partial charge in [-0.15, -0.1) is 0 Å². The number of carbonyl (C=O) groups excluding carboxylic acids is 1. The first-order chi connectivity index (χ1) is 7.88. The van der Waals surface area contributed by atoms with Gasteiger partial charge in [-0.25, -0.2) is 0 Å². The Balaban J connectivity index is 2.62. The molecule has 0 aromatic rings. The quantitative estimate of drug-likeness (QED) is 0.778. The highest BCUT2D eigenvalue weighted by molar-refractivity contribution is 5.82. The number of rotatable bonds is 5. The van der Waals surface area contributed by atoms with E-state index in [0.717, 1.165) is 32.5 Å². The van der Waals surface area contributed by atoms with Crippen LogP contribution in [-0.2, 0) is 4.79 Å². The minimum Gasteiger partial charge on any atom is -0.340 e. The molecule has 0 radical (unpaired) electrons. The van der Waals surface area contributed by atoms with Crippen LogP contribution in [0, 0.1) is 0 Å². The lowest BCUT2D eigenvalue weighted by atomic mass is 9.99. The molecule has 4 heteroatoms. The van der Waals surface area contributed by atoms with Crippen molar-refractivity contribution in [1.82, 2.24) is 15.1 Å². The number of nitrogens with one attached hydrogen (secondary N) is 1. The molecule has 1 aliphatic rings. The molecule has 0 aromatic carbocycles. The molecule has 0 spiro atoms. The molecule has 17 heavy (non-hydrogen) atoms. The smallest absolute Gasteiger partial charge is 0.239 e. The van der Waals surface area contributed by atoms with E-state index < -0.39 is 0 Å². The summed E-state index contributed by atoms with van der Waals surface area (Å²) in [6, 6.07) is 0.0340. The number of likely N-dealkylation sites (tertiary alicyclic amines) is 1. The fourth-order valence-corrected chi connectivity index (χ4v) is 2.14. The van der Waals surface area contributed by atoms with Crippen LogP contribution in [0.2, 0.25) is 0 Å². The molecule has 0 aliphatic carbocycles. The monoisotopic (exact) mass is 241 g/mol. The zero-order valence-corrected chi connectivity index (χ0v) is 11.9. The first-order valence-corrected chi connectivity index (χ1v) is 6.58. The number of hydrogen-bond acceptors (Lipinski definition) is 3. The van der Waals surface area contributed by atoms with Crippen molar-refractivity contribution < 1.29 is 4.79 Å². The lowest BCUT2D eigenvalue weighted by Crippen LogP contribution is -2.56. The Morgan fingerprint density at radius 3 is 2.65 bits per heavy atom. The van der Waals surface area contributed by atoms with Crippen LogP contribution in [-0.4, -0.2) is 61.0 Å². The largest absolute Gasteiger partial charge is 0.340 e. The second-order valence-electron chi connectivity index (χ2n) is 5.72. The van der Waals surface area contributed by atoms with Crippen molar-refractivity contribution in [3.05, 3.63) is 0 Å². The van der Waals surface area contributed by atoms with Gasteiger partial charge in [0.05, 0.1) is 6.04 Å². The molecule has 1 unspecified atom stereocenters. The Labute approximate surface area is 105 Å². The van der Waals surface area contributed by atoms with E-state index in [0.29, 0.717) is 0 Å². The lowest BCUT2D eigenvalue weighted by molar-refractivity contribution is -0.137. The van der Waals surface area contributed by atoms with Crippen LogP contribution < -0.4 is 5.32 Å². The number of piperidine rings is 1. The molecular weight excluding hydrogens is 214 g/mol. The van der Waals surface area contributed by atoms with E-state index in [9.17, 15) is 4.79 Å². The summed E-state index contributed by atoms with van der Waals surface area (Å²) in [6.07, 6.45) is 2.08. The average molecular weight is 241 g/mol. The summed E-state index contributed by atoms with van der Waals surface area (Å²) in [4.78, 5) is 16.4. The third kappa shape index (κ3) is 3.68. The minimum absolute atomic E-state index is 0.0315. The number of amides is 1. The molecule has 0 saturated carbocycles. The third-order valence-corrected chi connectivity index (χ3v) is 3.77. The Hall–Kier alpha value is -0.610. The van der Waals surface area contributed by atoms with Gasteiger partial charge in [0.1, 0.15) is 0 Å². The van der Waals surface area contributed by atoms with Crippen LogP contribution in [0.25, 0.3) is 0 Å². The SMILES string of the molecule is CCNC1CCCN(CC(C)(C)N(C)C)C1=O. The molecule has 1 heterocycles. The summed E-state index contributed by atoms with van der Waals surface area (Å²) >= 11 is 0. The topological polar surface area (TPSA) is 35.6 Å². The van der Waals surface area contributed by atoms with Crippen molar-refractivity contribution in [2.75, 3.05) is 33.7 Å². The van der Waals surface area contributed by atoms with Crippen molar-refractivity contribution in [1.29, 1.82) is 0 Å². The molecule has 0 aromatic heterocycles. The maximum absolute atomic E-state index is 12.3. The van der Waals surface area contributed by atoms with Gasteiger partial charge < -0.3 is 15.1 Å². The van der Waals surface area contributed by atoms with Gasteiger partial charge in [0.25, 0.3) is 0 Å². The van der Waals surface area contributed by atoms with Gasteiger partial charge in [-0.3, -0.25) is 4.79 Å². The Morgan fingerprint density at radius 1 is 1.47 bits per heavy atom. The van der Waals surface area contributed by atoms with Gasteiger partial charge in [-0.05, 0) is 47.3 Å². The molecule has 1 atom stereocenters. The maximum Gasteiger partial charge on any atom is 0.239 e. The predicted octanol–water partition coefficient (Wildman–Crippen LogP) is 0.927. The summed E-state index contributed by atoms with van der Waals surface area (Å²) in [5.74, 6) is 0.271. The predicted molar refractivity (Wildman–Crippen MR) is 71.0 cm³/mol. The van der Waals surface area contributed by atoms with Crippen LogP contribution in [0.3, 0.4) is 0 Å². The van der Waals surface area contributed by atoms with E-state index in [1.807, 2.05) is 4.90 Å². The summed E-state index contributed by atoms with van der Waals surface area (Å²) in [5.41, 5.74) is 0.0315. The number of hydrogen-bond donors (Lipinski definition) is 1. The first kappa shape index (κ1) is 14.5. The van der Waals surface area contributed by atoms with E-state index in [4.69, 9.17) is 0 Å². The molecule has 100 valence electrons. The zero-order valence-electron chi connectivity index (χ0n) is 11.9. The Morgan fingerprint density at radius 2 is 2.12 bits per heavy atom. The van der Waals surface area contributed by atoms with Crippen molar-refractivity contribution in [2.24, 2.45) is 0 Å². The molecule has 1 fully saturated rings. The minimum atomic E-state index is 0.0315. The molecule has 0 bridgehead atoms. The van der Waals surface area contributed by atoms with Gasteiger partial charge in [0, 0.05) is 18.6 Å². The normalized spacial score (nSPS) is 22.4. The molecule has 1 N–H and O–H groups in total. The van der Waals surface area contributed by atoms with Crippen LogP contribution in [0.5, 0.6) is 0 Å². The highest BCUT2D eigenvalue weighted by Gasteiger charge is 2.32. The highest BCUT2D eigenvalue weighted by atomic mass is 16.2. The summed E-state index contributed by atoms with van der Waals surface area (Å²) in [6.45, 7) is 8.98. The van der Waals surface area contributed by atoms with Crippen molar-refractivity contribution in [3.8, 4) is 0 Å². The van der Waals surface area contributed by atoms with Gasteiger partial charge in [0.2, 0.25) is 5.91 Å². The fourth-order valence-electron chi connectivity index (χ4n) is 2.14. The molecule has 4 nitrogen and oxygen atoms in total. The molecule has 1 aliphatic heterocycles. The lowest BCUT2D eigenvalue weighted by Gasteiger charge is -2.41. The van der Waals surface area contributed by atoms with E-state index in [2.05, 4.69) is 45.1 Å². The second-order valence-corrected chi connectivity index (χ2v) is 5.72. The maximum atomic E-state index is 12.3. The fraction of sp³-hybridized carbons (Fsp3) is 0.923. The third-order valence-electron chi connectivity index (χ3n) is 3.77. The van der Waals surface area contributed by atoms with E-state index in [1.165, 1.54) is 0 Å². The van der Waals surface area contributed by atoms with E-state index in [-0.39, 0.29) is 17.5 Å². The standard InChI is InChI=1S/C13H27N3O/c1-6-14-11-8-7-9-16(12(11)17)10-13(2,3)15(4)5/h11,14H,6-10H2,1-5H3. The number of nitrogens with zero attached hydrogens (tertiary/aromatic N) is 2. The van der Waals surface area contributed by atoms with Crippen molar-refractivity contribution in [2.45, 2.75) is 45.2 Å². The number of likely N-dealkylation sites (N-methyl/N-ethyl adjacent to an activating group) is 2. The molecule has 1 amide bonds. The van der Waals surface area contributed by atoms with Crippen molar-refractivity contribution in [3.63, 3.8) is 0 Å². The second kappa shape index (κ2) is 5.83. The first-order valence-electron chi connectivity index (χ1n) is 6.58. The summed E-state index contributed by atoms with van der Waals surface area (Å²) in [5, 5.41) is 3.27. The van der Waals surface area contributed by atoms with Crippen LogP contribution in [0.4, 0.5) is 0 Å². The average Bonchev–Trinajstić information content (AvgIpc) is 2.24. The van der Waals surface area contributed by atoms with Gasteiger partial charge in [0.15, 0.2) is 0 Å². The van der Waals surface area contributed by atoms with Gasteiger partial charge >= 0.3 is 0 Å². The van der Waals surface area contributed by atoms with E-state index in [1.54, 1.807) is 0 Å². The molecule has 1 saturated heterocycles. The van der Waals surface area contributed by atoms with E-state index >= 15 is 0 Å². The summed E-state index contributed by atoms with van der Waals surface area (Å²) < 4.78 is 0. The Bertz CT molecular complexity index is 261. The van der Waals surface area contributed by atoms with Crippen LogP contribution >= 0.6 is 0 Å². The van der Waals surface area contributed by atoms with Crippen molar-refractivity contribution >= 4 is 5.91 Å². The van der Waals surface area contributed by atoms with Crippen LogP contribution in [0.15, 0.2) is 0 Å². The highest BCUT2D eigenvalue weighted by Crippen LogP contribution is 2.18. The zero-order chi connectivity index (χ0) is 13.1. The number of carbonyl (C=O) groups is 1.